The Balaban J connectivity index is 1.52. The standard InChI is InChI=1S/C18H25NO2/c1-14-4-2-5-15(10-14)12-18(7-8-18)19-17(20)11-16-6-3-9-21-13-16/h2,4-5,10,16H,3,6-9,11-13H2,1H3,(H,19,20)/t16-/m0/s1. The number of carbonyl (C=O) groups excluding carboxylic acids is 1. The zero-order valence-corrected chi connectivity index (χ0v) is 12.9. The normalized spacial score (nSPS) is 23.6. The highest BCUT2D eigenvalue weighted by Crippen LogP contribution is 2.39. The van der Waals surface area contributed by atoms with Crippen LogP contribution in [0.1, 0.15) is 43.2 Å². The second kappa shape index (κ2) is 6.18. The quantitative estimate of drug-likeness (QED) is 0.904. The lowest BCUT2D eigenvalue weighted by atomic mass is 9.97. The van der Waals surface area contributed by atoms with Crippen LogP contribution in [0.4, 0.5) is 0 Å². The molecule has 1 atom stereocenters. The minimum atomic E-state index is 0.0282. The first-order valence-electron chi connectivity index (χ1n) is 8.10. The Hall–Kier alpha value is -1.35. The van der Waals surface area contributed by atoms with Gasteiger partial charge in [0.25, 0.3) is 0 Å². The van der Waals surface area contributed by atoms with Gasteiger partial charge in [0.1, 0.15) is 0 Å². The van der Waals surface area contributed by atoms with E-state index in [1.165, 1.54) is 11.1 Å². The van der Waals surface area contributed by atoms with Gasteiger partial charge in [-0.2, -0.15) is 0 Å². The summed E-state index contributed by atoms with van der Waals surface area (Å²) in [6, 6.07) is 8.60. The maximum Gasteiger partial charge on any atom is 0.220 e. The Morgan fingerprint density at radius 2 is 2.29 bits per heavy atom. The van der Waals surface area contributed by atoms with E-state index < -0.39 is 0 Å². The van der Waals surface area contributed by atoms with E-state index >= 15 is 0 Å². The summed E-state index contributed by atoms with van der Waals surface area (Å²) in [5.41, 5.74) is 2.64. The molecule has 0 spiro atoms. The predicted molar refractivity (Wildman–Crippen MR) is 83.2 cm³/mol. The molecule has 1 saturated heterocycles. The topological polar surface area (TPSA) is 38.3 Å². The summed E-state index contributed by atoms with van der Waals surface area (Å²) in [7, 11) is 0. The van der Waals surface area contributed by atoms with Crippen LogP contribution >= 0.6 is 0 Å². The average Bonchev–Trinajstić information content (AvgIpc) is 3.18. The van der Waals surface area contributed by atoms with Gasteiger partial charge in [0.15, 0.2) is 0 Å². The summed E-state index contributed by atoms with van der Waals surface area (Å²) in [4.78, 5) is 12.3. The molecule has 0 bridgehead atoms. The van der Waals surface area contributed by atoms with E-state index in [1.807, 2.05) is 0 Å². The van der Waals surface area contributed by atoms with Gasteiger partial charge >= 0.3 is 0 Å². The molecular weight excluding hydrogens is 262 g/mol. The third kappa shape index (κ3) is 4.07. The fourth-order valence-electron chi connectivity index (χ4n) is 3.29. The van der Waals surface area contributed by atoms with Gasteiger partial charge in [-0.25, -0.2) is 0 Å². The molecule has 1 saturated carbocycles. The zero-order chi connectivity index (χ0) is 14.7. The Kier molecular flexibility index (Phi) is 4.29. The van der Waals surface area contributed by atoms with Crippen LogP contribution in [0.25, 0.3) is 0 Å². The number of aryl methyl sites for hydroxylation is 1. The zero-order valence-electron chi connectivity index (χ0n) is 12.9. The van der Waals surface area contributed by atoms with Gasteiger partial charge < -0.3 is 10.1 Å². The van der Waals surface area contributed by atoms with Crippen LogP contribution in [0.5, 0.6) is 0 Å². The minimum absolute atomic E-state index is 0.0282. The second-order valence-electron chi connectivity index (χ2n) is 6.78. The molecule has 21 heavy (non-hydrogen) atoms. The Morgan fingerprint density at radius 3 is 2.95 bits per heavy atom. The Bertz CT molecular complexity index is 502. The second-order valence-corrected chi connectivity index (χ2v) is 6.78. The molecule has 114 valence electrons. The molecule has 0 aromatic heterocycles. The van der Waals surface area contributed by atoms with Crippen LogP contribution in [-0.4, -0.2) is 24.7 Å². The lowest BCUT2D eigenvalue weighted by molar-refractivity contribution is -0.124. The highest BCUT2D eigenvalue weighted by molar-refractivity contribution is 5.77. The maximum atomic E-state index is 12.3. The van der Waals surface area contributed by atoms with E-state index in [2.05, 4.69) is 36.5 Å². The van der Waals surface area contributed by atoms with Crippen LogP contribution in [0.2, 0.25) is 0 Å². The van der Waals surface area contributed by atoms with Gasteiger partial charge in [-0.3, -0.25) is 4.79 Å². The van der Waals surface area contributed by atoms with Crippen molar-refractivity contribution < 1.29 is 9.53 Å². The van der Waals surface area contributed by atoms with Gasteiger partial charge in [-0.05, 0) is 50.5 Å². The first-order chi connectivity index (χ1) is 10.2. The van der Waals surface area contributed by atoms with E-state index in [-0.39, 0.29) is 11.4 Å². The molecule has 1 aliphatic carbocycles. The van der Waals surface area contributed by atoms with Crippen molar-refractivity contribution in [3.63, 3.8) is 0 Å². The lowest BCUT2D eigenvalue weighted by Crippen LogP contribution is -2.40. The monoisotopic (exact) mass is 287 g/mol. The van der Waals surface area contributed by atoms with E-state index in [1.54, 1.807) is 0 Å². The van der Waals surface area contributed by atoms with Crippen molar-refractivity contribution in [3.8, 4) is 0 Å². The number of rotatable bonds is 5. The molecule has 2 fully saturated rings. The highest BCUT2D eigenvalue weighted by Gasteiger charge is 2.43. The van der Waals surface area contributed by atoms with Crippen LogP contribution < -0.4 is 5.32 Å². The van der Waals surface area contributed by atoms with Crippen molar-refractivity contribution in [3.05, 3.63) is 35.4 Å². The molecular formula is C18H25NO2. The van der Waals surface area contributed by atoms with Gasteiger partial charge in [0, 0.05) is 25.2 Å². The third-order valence-electron chi connectivity index (χ3n) is 4.61. The van der Waals surface area contributed by atoms with E-state index in [0.717, 1.165) is 45.3 Å². The van der Waals surface area contributed by atoms with Gasteiger partial charge in [-0.1, -0.05) is 29.8 Å². The summed E-state index contributed by atoms with van der Waals surface area (Å²) in [5.74, 6) is 0.615. The predicted octanol–water partition coefficient (Wildman–Crippen LogP) is 3.00. The summed E-state index contributed by atoms with van der Waals surface area (Å²) in [6.07, 6.45) is 6.00. The van der Waals surface area contributed by atoms with Gasteiger partial charge in [0.2, 0.25) is 5.91 Å². The number of ether oxygens (including phenoxy) is 1. The largest absolute Gasteiger partial charge is 0.381 e. The van der Waals surface area contributed by atoms with Crippen molar-refractivity contribution in [2.24, 2.45) is 5.92 Å². The fourth-order valence-corrected chi connectivity index (χ4v) is 3.29. The minimum Gasteiger partial charge on any atom is -0.381 e. The van der Waals surface area contributed by atoms with E-state index in [9.17, 15) is 4.79 Å². The summed E-state index contributed by atoms with van der Waals surface area (Å²) >= 11 is 0. The molecule has 2 aliphatic rings. The molecule has 3 heteroatoms. The number of benzene rings is 1. The molecule has 1 aromatic carbocycles. The van der Waals surface area contributed by atoms with E-state index in [0.29, 0.717) is 12.3 Å². The first-order valence-corrected chi connectivity index (χ1v) is 8.10. The van der Waals surface area contributed by atoms with Gasteiger partial charge in [-0.15, -0.1) is 0 Å². The lowest BCUT2D eigenvalue weighted by Gasteiger charge is -2.23. The van der Waals surface area contributed by atoms with Crippen LogP contribution in [0.15, 0.2) is 24.3 Å². The number of hydrogen-bond acceptors (Lipinski definition) is 2. The first kappa shape index (κ1) is 14.6. The van der Waals surface area contributed by atoms with Crippen LogP contribution in [0, 0.1) is 12.8 Å². The summed E-state index contributed by atoms with van der Waals surface area (Å²) < 4.78 is 5.46. The summed E-state index contributed by atoms with van der Waals surface area (Å²) in [6.45, 7) is 3.72. The van der Waals surface area contributed by atoms with Gasteiger partial charge in [0.05, 0.1) is 0 Å². The molecule has 1 aromatic rings. The van der Waals surface area contributed by atoms with Crippen molar-refractivity contribution >= 4 is 5.91 Å². The highest BCUT2D eigenvalue weighted by atomic mass is 16.5. The molecule has 3 nitrogen and oxygen atoms in total. The maximum absolute atomic E-state index is 12.3. The molecule has 1 N–H and O–H groups in total. The average molecular weight is 287 g/mol. The number of hydrogen-bond donors (Lipinski definition) is 1. The van der Waals surface area contributed by atoms with Crippen LogP contribution in [0.3, 0.4) is 0 Å². The van der Waals surface area contributed by atoms with Crippen molar-refractivity contribution in [2.75, 3.05) is 13.2 Å². The summed E-state index contributed by atoms with van der Waals surface area (Å²) in [5, 5.41) is 3.29. The molecule has 0 radical (unpaired) electrons. The molecule has 3 rings (SSSR count). The number of nitrogens with one attached hydrogen (secondary N) is 1. The van der Waals surface area contributed by atoms with E-state index in [4.69, 9.17) is 4.74 Å². The Labute approximate surface area is 127 Å². The molecule has 1 heterocycles. The molecule has 1 amide bonds. The Morgan fingerprint density at radius 1 is 1.43 bits per heavy atom. The third-order valence-corrected chi connectivity index (χ3v) is 4.61. The van der Waals surface area contributed by atoms with Crippen molar-refractivity contribution in [2.45, 2.75) is 51.0 Å². The number of amides is 1. The fraction of sp³-hybridized carbons (Fsp3) is 0.611. The SMILES string of the molecule is Cc1cccc(CC2(NC(=O)C[C@@H]3CCCOC3)CC2)c1. The smallest absolute Gasteiger partial charge is 0.220 e. The number of carbonyl (C=O) groups is 1. The molecule has 1 aliphatic heterocycles. The molecule has 0 unspecified atom stereocenters. The van der Waals surface area contributed by atoms with Crippen LogP contribution in [-0.2, 0) is 16.0 Å². The van der Waals surface area contributed by atoms with Crippen molar-refractivity contribution in [1.82, 2.24) is 5.32 Å². The van der Waals surface area contributed by atoms with Crippen molar-refractivity contribution in [1.29, 1.82) is 0 Å².